The Morgan fingerprint density at radius 2 is 1.71 bits per heavy atom. The standard InChI is InChI=1S/C11H23NO2/c1-10(2,3)7-11(4,5)8-14-9(13)6-12/h6-8,12H2,1-5H3. The fourth-order valence-corrected chi connectivity index (χ4v) is 1.82. The van der Waals surface area contributed by atoms with E-state index in [1.165, 1.54) is 0 Å². The number of carbonyl (C=O) groups excluding carboxylic acids is 1. The van der Waals surface area contributed by atoms with Crippen LogP contribution in [-0.4, -0.2) is 19.1 Å². The molecular weight excluding hydrogens is 178 g/mol. The van der Waals surface area contributed by atoms with Crippen molar-refractivity contribution in [3.63, 3.8) is 0 Å². The minimum Gasteiger partial charge on any atom is -0.464 e. The molecule has 0 heterocycles. The molecular formula is C11H23NO2. The molecule has 0 aromatic carbocycles. The second-order valence-corrected chi connectivity index (χ2v) is 5.77. The largest absolute Gasteiger partial charge is 0.464 e. The molecule has 0 saturated heterocycles. The van der Waals surface area contributed by atoms with Crippen LogP contribution in [0.25, 0.3) is 0 Å². The summed E-state index contributed by atoms with van der Waals surface area (Å²) >= 11 is 0. The van der Waals surface area contributed by atoms with Gasteiger partial charge in [0.15, 0.2) is 0 Å². The van der Waals surface area contributed by atoms with Crippen molar-refractivity contribution >= 4 is 5.97 Å². The van der Waals surface area contributed by atoms with E-state index in [0.29, 0.717) is 6.61 Å². The zero-order valence-corrected chi connectivity index (χ0v) is 10.0. The number of hydrogen-bond acceptors (Lipinski definition) is 3. The average Bonchev–Trinajstić information content (AvgIpc) is 1.96. The van der Waals surface area contributed by atoms with Crippen molar-refractivity contribution in [3.8, 4) is 0 Å². The Morgan fingerprint density at radius 3 is 2.07 bits per heavy atom. The Kier molecular flexibility index (Phi) is 4.59. The fourth-order valence-electron chi connectivity index (χ4n) is 1.82. The highest BCUT2D eigenvalue weighted by molar-refractivity contribution is 5.71. The summed E-state index contributed by atoms with van der Waals surface area (Å²) < 4.78 is 5.04. The topological polar surface area (TPSA) is 52.3 Å². The van der Waals surface area contributed by atoms with Gasteiger partial charge in [0.2, 0.25) is 0 Å². The summed E-state index contributed by atoms with van der Waals surface area (Å²) in [7, 11) is 0. The number of esters is 1. The minimum absolute atomic E-state index is 0.0169. The van der Waals surface area contributed by atoms with Gasteiger partial charge in [0.05, 0.1) is 13.2 Å². The van der Waals surface area contributed by atoms with E-state index in [4.69, 9.17) is 10.5 Å². The number of ether oxygens (including phenoxy) is 1. The summed E-state index contributed by atoms with van der Waals surface area (Å²) in [6, 6.07) is 0. The summed E-state index contributed by atoms with van der Waals surface area (Å²) in [6.07, 6.45) is 1.01. The van der Waals surface area contributed by atoms with Gasteiger partial charge >= 0.3 is 5.97 Å². The normalized spacial score (nSPS) is 12.7. The zero-order chi connectivity index (χ0) is 11.4. The lowest BCUT2D eigenvalue weighted by Crippen LogP contribution is -2.29. The van der Waals surface area contributed by atoms with Crippen molar-refractivity contribution < 1.29 is 9.53 Å². The van der Waals surface area contributed by atoms with E-state index in [2.05, 4.69) is 34.6 Å². The van der Waals surface area contributed by atoms with E-state index in [-0.39, 0.29) is 23.3 Å². The Hall–Kier alpha value is -0.570. The molecule has 84 valence electrons. The monoisotopic (exact) mass is 201 g/mol. The van der Waals surface area contributed by atoms with E-state index >= 15 is 0 Å². The lowest BCUT2D eigenvalue weighted by molar-refractivity contribution is -0.145. The van der Waals surface area contributed by atoms with Crippen molar-refractivity contribution in [2.45, 2.75) is 41.0 Å². The number of hydrogen-bond donors (Lipinski definition) is 1. The van der Waals surface area contributed by atoms with Crippen LogP contribution in [0.5, 0.6) is 0 Å². The predicted molar refractivity (Wildman–Crippen MR) is 57.9 cm³/mol. The van der Waals surface area contributed by atoms with Gasteiger partial charge in [0.1, 0.15) is 0 Å². The van der Waals surface area contributed by atoms with Crippen LogP contribution in [0.15, 0.2) is 0 Å². The van der Waals surface area contributed by atoms with Crippen LogP contribution in [0, 0.1) is 10.8 Å². The summed E-state index contributed by atoms with van der Waals surface area (Å²) in [5.41, 5.74) is 5.42. The number of carbonyl (C=O) groups is 1. The second kappa shape index (κ2) is 4.78. The van der Waals surface area contributed by atoms with E-state index in [9.17, 15) is 4.79 Å². The molecule has 0 fully saturated rings. The molecule has 3 nitrogen and oxygen atoms in total. The third-order valence-electron chi connectivity index (χ3n) is 1.80. The van der Waals surface area contributed by atoms with Crippen molar-refractivity contribution in [1.82, 2.24) is 0 Å². The van der Waals surface area contributed by atoms with Crippen molar-refractivity contribution in [2.24, 2.45) is 16.6 Å². The van der Waals surface area contributed by atoms with E-state index < -0.39 is 0 Å². The predicted octanol–water partition coefficient (Wildman–Crippen LogP) is 1.95. The molecule has 0 rings (SSSR count). The molecule has 0 unspecified atom stereocenters. The highest BCUT2D eigenvalue weighted by Crippen LogP contribution is 2.33. The first-order chi connectivity index (χ1) is 6.16. The maximum absolute atomic E-state index is 10.9. The third-order valence-corrected chi connectivity index (χ3v) is 1.80. The molecule has 14 heavy (non-hydrogen) atoms. The van der Waals surface area contributed by atoms with Crippen LogP contribution in [0.1, 0.15) is 41.0 Å². The SMILES string of the molecule is CC(C)(C)CC(C)(C)COC(=O)CN. The molecule has 2 N–H and O–H groups in total. The van der Waals surface area contributed by atoms with Gasteiger partial charge in [-0.25, -0.2) is 0 Å². The van der Waals surface area contributed by atoms with Gasteiger partial charge in [-0.1, -0.05) is 34.6 Å². The molecule has 3 heteroatoms. The van der Waals surface area contributed by atoms with Crippen LogP contribution < -0.4 is 5.73 Å². The van der Waals surface area contributed by atoms with E-state index in [0.717, 1.165) is 6.42 Å². The number of nitrogens with two attached hydrogens (primary N) is 1. The summed E-state index contributed by atoms with van der Waals surface area (Å²) in [4.78, 5) is 10.9. The first kappa shape index (κ1) is 13.4. The van der Waals surface area contributed by atoms with Crippen LogP contribution in [0.4, 0.5) is 0 Å². The molecule has 0 atom stereocenters. The van der Waals surface area contributed by atoms with Gasteiger partial charge in [0.25, 0.3) is 0 Å². The van der Waals surface area contributed by atoms with Crippen molar-refractivity contribution in [2.75, 3.05) is 13.2 Å². The van der Waals surface area contributed by atoms with Gasteiger partial charge in [0, 0.05) is 0 Å². The van der Waals surface area contributed by atoms with Crippen LogP contribution in [0.3, 0.4) is 0 Å². The zero-order valence-electron chi connectivity index (χ0n) is 10.0. The maximum Gasteiger partial charge on any atom is 0.319 e. The van der Waals surface area contributed by atoms with E-state index in [1.807, 2.05) is 0 Å². The molecule has 0 aliphatic carbocycles. The molecule has 0 aliphatic heterocycles. The average molecular weight is 201 g/mol. The molecule has 0 amide bonds. The molecule has 0 radical (unpaired) electrons. The van der Waals surface area contributed by atoms with Gasteiger partial charge < -0.3 is 10.5 Å². The summed E-state index contributed by atoms with van der Waals surface area (Å²) in [5.74, 6) is -0.327. The van der Waals surface area contributed by atoms with Gasteiger partial charge in [-0.2, -0.15) is 0 Å². The summed E-state index contributed by atoms with van der Waals surface area (Å²) in [5, 5.41) is 0. The van der Waals surface area contributed by atoms with Gasteiger partial charge in [-0.3, -0.25) is 4.79 Å². The molecule has 0 aliphatic rings. The van der Waals surface area contributed by atoms with Crippen LogP contribution >= 0.6 is 0 Å². The maximum atomic E-state index is 10.9. The lowest BCUT2D eigenvalue weighted by atomic mass is 9.77. The Morgan fingerprint density at radius 1 is 1.21 bits per heavy atom. The molecule has 0 spiro atoms. The fraction of sp³-hybridized carbons (Fsp3) is 0.909. The Labute approximate surface area is 87.0 Å². The van der Waals surface area contributed by atoms with Crippen LogP contribution in [-0.2, 0) is 9.53 Å². The minimum atomic E-state index is -0.327. The molecule has 0 saturated carbocycles. The lowest BCUT2D eigenvalue weighted by Gasteiger charge is -2.31. The summed E-state index contributed by atoms with van der Waals surface area (Å²) in [6.45, 7) is 11.1. The third kappa shape index (κ3) is 6.89. The molecule has 0 aromatic heterocycles. The van der Waals surface area contributed by atoms with Gasteiger partial charge in [-0.15, -0.1) is 0 Å². The molecule has 0 bridgehead atoms. The quantitative estimate of drug-likeness (QED) is 0.707. The highest BCUT2D eigenvalue weighted by atomic mass is 16.5. The van der Waals surface area contributed by atoms with Gasteiger partial charge in [-0.05, 0) is 17.3 Å². The molecule has 0 aromatic rings. The van der Waals surface area contributed by atoms with Crippen molar-refractivity contribution in [1.29, 1.82) is 0 Å². The van der Waals surface area contributed by atoms with Crippen LogP contribution in [0.2, 0.25) is 0 Å². The van der Waals surface area contributed by atoms with E-state index in [1.54, 1.807) is 0 Å². The Bertz CT molecular complexity index is 192. The first-order valence-corrected chi connectivity index (χ1v) is 5.02. The number of rotatable bonds is 4. The smallest absolute Gasteiger partial charge is 0.319 e. The second-order valence-electron chi connectivity index (χ2n) is 5.77. The first-order valence-electron chi connectivity index (χ1n) is 5.02. The van der Waals surface area contributed by atoms with Crippen molar-refractivity contribution in [3.05, 3.63) is 0 Å². The Balaban J connectivity index is 4.01. The highest BCUT2D eigenvalue weighted by Gasteiger charge is 2.26.